The zero-order valence-corrected chi connectivity index (χ0v) is 14.7. The second-order valence-electron chi connectivity index (χ2n) is 6.25. The molecule has 0 spiro atoms. The Hall–Kier alpha value is -2.42. The maximum atomic E-state index is 5.87. The van der Waals surface area contributed by atoms with Crippen LogP contribution in [0.2, 0.25) is 0 Å². The molecule has 3 aromatic carbocycles. The number of benzene rings is 3. The van der Waals surface area contributed by atoms with Gasteiger partial charge in [0.05, 0.1) is 6.61 Å². The van der Waals surface area contributed by atoms with Crippen molar-refractivity contribution in [1.82, 2.24) is 0 Å². The van der Waals surface area contributed by atoms with E-state index in [1.54, 1.807) is 0 Å². The van der Waals surface area contributed by atoms with Crippen molar-refractivity contribution in [3.8, 4) is 22.3 Å². The highest BCUT2D eigenvalue weighted by atomic mass is 16.5. The quantitative estimate of drug-likeness (QED) is 0.604. The van der Waals surface area contributed by atoms with E-state index >= 15 is 0 Å². The standard InChI is InChI=1S/C23H25NO/c1-18-15-21(19-9-4-2-5-10-19)16-22(20-11-6-3-7-12-20)23(18)17-25-14-8-13-24/h2-7,9-12,15-16H,8,13-14,17,24H2,1H3. The average molecular weight is 331 g/mol. The van der Waals surface area contributed by atoms with Gasteiger partial charge in [-0.1, -0.05) is 66.7 Å². The van der Waals surface area contributed by atoms with Gasteiger partial charge < -0.3 is 10.5 Å². The van der Waals surface area contributed by atoms with Gasteiger partial charge in [0.1, 0.15) is 0 Å². The van der Waals surface area contributed by atoms with Crippen molar-refractivity contribution in [1.29, 1.82) is 0 Å². The van der Waals surface area contributed by atoms with E-state index in [0.717, 1.165) is 6.42 Å². The van der Waals surface area contributed by atoms with E-state index in [0.29, 0.717) is 19.8 Å². The van der Waals surface area contributed by atoms with Gasteiger partial charge in [-0.25, -0.2) is 0 Å². The smallest absolute Gasteiger partial charge is 0.0725 e. The molecule has 0 saturated carbocycles. The summed E-state index contributed by atoms with van der Waals surface area (Å²) in [6, 6.07) is 25.6. The number of nitrogens with two attached hydrogens (primary N) is 1. The molecule has 0 unspecified atom stereocenters. The molecule has 0 radical (unpaired) electrons. The Morgan fingerprint density at radius 2 is 1.44 bits per heavy atom. The molecule has 0 aliphatic heterocycles. The van der Waals surface area contributed by atoms with Crippen LogP contribution in [0.1, 0.15) is 17.5 Å². The lowest BCUT2D eigenvalue weighted by Gasteiger charge is -2.16. The average Bonchev–Trinajstić information content (AvgIpc) is 2.67. The Morgan fingerprint density at radius 1 is 0.800 bits per heavy atom. The second kappa shape index (κ2) is 8.61. The largest absolute Gasteiger partial charge is 0.377 e. The number of hydrogen-bond donors (Lipinski definition) is 1. The molecular formula is C23H25NO. The third-order valence-corrected chi connectivity index (χ3v) is 4.40. The van der Waals surface area contributed by atoms with Crippen LogP contribution in [0.25, 0.3) is 22.3 Å². The molecule has 25 heavy (non-hydrogen) atoms. The fraction of sp³-hybridized carbons (Fsp3) is 0.217. The van der Waals surface area contributed by atoms with Gasteiger partial charge in [-0.2, -0.15) is 0 Å². The molecule has 0 aliphatic rings. The van der Waals surface area contributed by atoms with Crippen molar-refractivity contribution >= 4 is 0 Å². The van der Waals surface area contributed by atoms with Gasteiger partial charge in [0.25, 0.3) is 0 Å². The Labute approximate surface area is 150 Å². The van der Waals surface area contributed by atoms with Gasteiger partial charge in [0.2, 0.25) is 0 Å². The first kappa shape index (κ1) is 17.4. The van der Waals surface area contributed by atoms with Crippen LogP contribution in [-0.4, -0.2) is 13.2 Å². The lowest BCUT2D eigenvalue weighted by molar-refractivity contribution is 0.120. The third kappa shape index (κ3) is 4.36. The summed E-state index contributed by atoms with van der Waals surface area (Å²) in [7, 11) is 0. The summed E-state index contributed by atoms with van der Waals surface area (Å²) < 4.78 is 5.87. The van der Waals surface area contributed by atoms with Gasteiger partial charge in [-0.15, -0.1) is 0 Å². The van der Waals surface area contributed by atoms with Crippen molar-refractivity contribution in [2.75, 3.05) is 13.2 Å². The van der Waals surface area contributed by atoms with E-state index in [1.807, 2.05) is 6.07 Å². The molecular weight excluding hydrogens is 306 g/mol. The maximum absolute atomic E-state index is 5.87. The van der Waals surface area contributed by atoms with Crippen LogP contribution in [-0.2, 0) is 11.3 Å². The number of rotatable bonds is 7. The highest BCUT2D eigenvalue weighted by Gasteiger charge is 2.11. The van der Waals surface area contributed by atoms with Crippen LogP contribution in [0.5, 0.6) is 0 Å². The van der Waals surface area contributed by atoms with Gasteiger partial charge in [-0.05, 0) is 59.3 Å². The van der Waals surface area contributed by atoms with Gasteiger partial charge >= 0.3 is 0 Å². The minimum absolute atomic E-state index is 0.616. The van der Waals surface area contributed by atoms with E-state index in [1.165, 1.54) is 33.4 Å². The predicted molar refractivity (Wildman–Crippen MR) is 105 cm³/mol. The Kier molecular flexibility index (Phi) is 5.99. The first-order valence-electron chi connectivity index (χ1n) is 8.82. The molecule has 0 aliphatic carbocycles. The van der Waals surface area contributed by atoms with Crippen LogP contribution in [0.3, 0.4) is 0 Å². The van der Waals surface area contributed by atoms with Gasteiger partial charge in [0.15, 0.2) is 0 Å². The Morgan fingerprint density at radius 3 is 2.08 bits per heavy atom. The van der Waals surface area contributed by atoms with Crippen LogP contribution >= 0.6 is 0 Å². The molecule has 0 aromatic heterocycles. The van der Waals surface area contributed by atoms with Crippen LogP contribution in [0, 0.1) is 6.92 Å². The Bertz CT molecular complexity index is 797. The summed E-state index contributed by atoms with van der Waals surface area (Å²) in [5.74, 6) is 0. The molecule has 0 amide bonds. The molecule has 0 atom stereocenters. The van der Waals surface area contributed by atoms with Crippen LogP contribution in [0.15, 0.2) is 72.8 Å². The molecule has 128 valence electrons. The van der Waals surface area contributed by atoms with E-state index in [4.69, 9.17) is 10.5 Å². The zero-order chi connectivity index (χ0) is 17.5. The summed E-state index contributed by atoms with van der Waals surface area (Å²) in [6.45, 7) is 4.15. The summed E-state index contributed by atoms with van der Waals surface area (Å²) in [4.78, 5) is 0. The molecule has 3 rings (SSSR count). The van der Waals surface area contributed by atoms with E-state index in [9.17, 15) is 0 Å². The van der Waals surface area contributed by atoms with Crippen LogP contribution < -0.4 is 5.73 Å². The third-order valence-electron chi connectivity index (χ3n) is 4.40. The summed E-state index contributed by atoms with van der Waals surface area (Å²) in [5.41, 5.74) is 13.0. The first-order chi connectivity index (χ1) is 12.3. The van der Waals surface area contributed by atoms with E-state index < -0.39 is 0 Å². The van der Waals surface area contributed by atoms with Crippen molar-refractivity contribution < 1.29 is 4.74 Å². The zero-order valence-electron chi connectivity index (χ0n) is 14.7. The molecule has 2 nitrogen and oxygen atoms in total. The van der Waals surface area contributed by atoms with E-state index in [-0.39, 0.29) is 0 Å². The lowest BCUT2D eigenvalue weighted by atomic mass is 9.91. The monoisotopic (exact) mass is 331 g/mol. The van der Waals surface area contributed by atoms with Crippen LogP contribution in [0.4, 0.5) is 0 Å². The SMILES string of the molecule is Cc1cc(-c2ccccc2)cc(-c2ccccc2)c1COCCCN. The molecule has 0 saturated heterocycles. The summed E-state index contributed by atoms with van der Waals surface area (Å²) in [6.07, 6.45) is 0.891. The maximum Gasteiger partial charge on any atom is 0.0725 e. The fourth-order valence-electron chi connectivity index (χ4n) is 3.04. The number of ether oxygens (including phenoxy) is 1. The second-order valence-corrected chi connectivity index (χ2v) is 6.25. The lowest BCUT2D eigenvalue weighted by Crippen LogP contribution is -2.05. The van der Waals surface area contributed by atoms with Crippen molar-refractivity contribution in [2.45, 2.75) is 20.0 Å². The number of hydrogen-bond acceptors (Lipinski definition) is 2. The first-order valence-corrected chi connectivity index (χ1v) is 8.82. The fourth-order valence-corrected chi connectivity index (χ4v) is 3.04. The molecule has 0 fully saturated rings. The minimum atomic E-state index is 0.616. The summed E-state index contributed by atoms with van der Waals surface area (Å²) >= 11 is 0. The van der Waals surface area contributed by atoms with Crippen molar-refractivity contribution in [2.24, 2.45) is 5.73 Å². The molecule has 3 aromatic rings. The Balaban J connectivity index is 2.02. The van der Waals surface area contributed by atoms with Crippen molar-refractivity contribution in [3.05, 3.63) is 83.9 Å². The summed E-state index contributed by atoms with van der Waals surface area (Å²) in [5, 5.41) is 0. The molecule has 2 N–H and O–H groups in total. The van der Waals surface area contributed by atoms with E-state index in [2.05, 4.69) is 73.7 Å². The molecule has 0 heterocycles. The topological polar surface area (TPSA) is 35.2 Å². The molecule has 0 bridgehead atoms. The normalized spacial score (nSPS) is 10.8. The highest BCUT2D eigenvalue weighted by molar-refractivity contribution is 5.77. The van der Waals surface area contributed by atoms with Gasteiger partial charge in [0, 0.05) is 6.61 Å². The minimum Gasteiger partial charge on any atom is -0.377 e. The van der Waals surface area contributed by atoms with Gasteiger partial charge in [-0.3, -0.25) is 0 Å². The van der Waals surface area contributed by atoms with Crippen molar-refractivity contribution in [3.63, 3.8) is 0 Å². The number of aryl methyl sites for hydroxylation is 1. The predicted octanol–water partition coefficient (Wildman–Crippen LogP) is 5.19. The highest BCUT2D eigenvalue weighted by Crippen LogP contribution is 2.32. The molecule has 2 heteroatoms.